The summed E-state index contributed by atoms with van der Waals surface area (Å²) in [5, 5.41) is 8.96. The fourth-order valence-corrected chi connectivity index (χ4v) is 2.14. The van der Waals surface area contributed by atoms with Gasteiger partial charge >= 0.3 is 5.97 Å². The highest BCUT2D eigenvalue weighted by molar-refractivity contribution is 5.87. The van der Waals surface area contributed by atoms with Crippen molar-refractivity contribution in [2.24, 2.45) is 0 Å². The molecule has 1 aliphatic heterocycles. The highest BCUT2D eigenvalue weighted by Gasteiger charge is 2.32. The summed E-state index contributed by atoms with van der Waals surface area (Å²) in [6.45, 7) is 1.96. The predicted octanol–water partition coefficient (Wildman–Crippen LogP) is 1.23. The molecule has 1 aromatic rings. The zero-order chi connectivity index (χ0) is 14.0. The molecule has 1 amide bonds. The van der Waals surface area contributed by atoms with Gasteiger partial charge in [0.05, 0.1) is 6.61 Å². The second-order valence-electron chi connectivity index (χ2n) is 4.66. The average Bonchev–Trinajstić information content (AvgIpc) is 2.44. The molecule has 1 heterocycles. The summed E-state index contributed by atoms with van der Waals surface area (Å²) in [6.07, 6.45) is 0.0785. The minimum absolute atomic E-state index is 0.318. The standard InChI is InChI=1S/C14H17NO4/c1-9(14(17)18)15(2)13(16)12-11-6-4-3-5-10(11)7-8-19-12/h3-6,9,12H,7-8H2,1-2H3,(H,17,18). The van der Waals surface area contributed by atoms with Crippen molar-refractivity contribution >= 4 is 11.9 Å². The van der Waals surface area contributed by atoms with Gasteiger partial charge in [-0.15, -0.1) is 0 Å². The molecule has 19 heavy (non-hydrogen) atoms. The van der Waals surface area contributed by atoms with Gasteiger partial charge in [-0.05, 0) is 24.5 Å². The Morgan fingerprint density at radius 3 is 2.79 bits per heavy atom. The van der Waals surface area contributed by atoms with Crippen molar-refractivity contribution in [3.63, 3.8) is 0 Å². The zero-order valence-electron chi connectivity index (χ0n) is 11.0. The van der Waals surface area contributed by atoms with E-state index in [1.807, 2.05) is 24.3 Å². The lowest BCUT2D eigenvalue weighted by Crippen LogP contribution is -2.44. The maximum absolute atomic E-state index is 12.3. The number of amides is 1. The summed E-state index contributed by atoms with van der Waals surface area (Å²) in [7, 11) is 1.49. The first-order valence-electron chi connectivity index (χ1n) is 6.21. The second kappa shape index (κ2) is 5.40. The van der Waals surface area contributed by atoms with Crippen LogP contribution in [0.4, 0.5) is 0 Å². The quantitative estimate of drug-likeness (QED) is 0.890. The number of rotatable bonds is 3. The molecule has 0 radical (unpaired) electrons. The van der Waals surface area contributed by atoms with Gasteiger partial charge < -0.3 is 14.7 Å². The van der Waals surface area contributed by atoms with Crippen LogP contribution in [0.3, 0.4) is 0 Å². The van der Waals surface area contributed by atoms with Crippen LogP contribution in [0, 0.1) is 0 Å². The van der Waals surface area contributed by atoms with Crippen LogP contribution in [0.5, 0.6) is 0 Å². The van der Waals surface area contributed by atoms with Gasteiger partial charge in [-0.1, -0.05) is 24.3 Å². The number of fused-ring (bicyclic) bond motifs is 1. The molecule has 2 unspecified atom stereocenters. The lowest BCUT2D eigenvalue weighted by atomic mass is 9.96. The molecule has 1 aromatic carbocycles. The molecule has 0 spiro atoms. The Morgan fingerprint density at radius 1 is 1.42 bits per heavy atom. The lowest BCUT2D eigenvalue weighted by molar-refractivity contribution is -0.154. The lowest BCUT2D eigenvalue weighted by Gasteiger charge is -2.30. The van der Waals surface area contributed by atoms with Crippen molar-refractivity contribution in [2.45, 2.75) is 25.5 Å². The van der Waals surface area contributed by atoms with E-state index in [1.54, 1.807) is 0 Å². The van der Waals surface area contributed by atoms with Crippen molar-refractivity contribution in [3.05, 3.63) is 35.4 Å². The minimum atomic E-state index is -1.03. The fourth-order valence-electron chi connectivity index (χ4n) is 2.14. The molecule has 5 nitrogen and oxygen atoms in total. The van der Waals surface area contributed by atoms with Crippen molar-refractivity contribution in [1.82, 2.24) is 4.90 Å². The Hall–Kier alpha value is -1.88. The van der Waals surface area contributed by atoms with E-state index in [4.69, 9.17) is 9.84 Å². The van der Waals surface area contributed by atoms with Crippen LogP contribution in [0.15, 0.2) is 24.3 Å². The van der Waals surface area contributed by atoms with E-state index < -0.39 is 18.1 Å². The number of carboxylic acids is 1. The van der Waals surface area contributed by atoms with Crippen LogP contribution >= 0.6 is 0 Å². The Bertz CT molecular complexity index is 500. The molecule has 0 aromatic heterocycles. The third kappa shape index (κ3) is 2.61. The average molecular weight is 263 g/mol. The number of ether oxygens (including phenoxy) is 1. The molecule has 0 saturated carbocycles. The Labute approximate surface area is 111 Å². The number of carbonyl (C=O) groups is 2. The van der Waals surface area contributed by atoms with Crippen molar-refractivity contribution in [3.8, 4) is 0 Å². The maximum Gasteiger partial charge on any atom is 0.326 e. The van der Waals surface area contributed by atoms with E-state index in [0.29, 0.717) is 6.61 Å². The van der Waals surface area contributed by atoms with Crippen molar-refractivity contribution < 1.29 is 19.4 Å². The van der Waals surface area contributed by atoms with Crippen LogP contribution in [-0.2, 0) is 20.7 Å². The summed E-state index contributed by atoms with van der Waals surface area (Å²) < 4.78 is 5.53. The van der Waals surface area contributed by atoms with Crippen LogP contribution in [0.1, 0.15) is 24.2 Å². The maximum atomic E-state index is 12.3. The molecule has 102 valence electrons. The normalized spacial score (nSPS) is 19.4. The topological polar surface area (TPSA) is 66.8 Å². The molecular formula is C14H17NO4. The zero-order valence-corrected chi connectivity index (χ0v) is 11.0. The number of carbonyl (C=O) groups excluding carboxylic acids is 1. The Balaban J connectivity index is 2.24. The Morgan fingerprint density at radius 2 is 2.11 bits per heavy atom. The smallest absolute Gasteiger partial charge is 0.326 e. The highest BCUT2D eigenvalue weighted by Crippen LogP contribution is 2.28. The number of hydrogen-bond acceptors (Lipinski definition) is 3. The number of aliphatic carboxylic acids is 1. The number of hydrogen-bond donors (Lipinski definition) is 1. The molecule has 0 aliphatic carbocycles. The number of benzene rings is 1. The molecule has 2 atom stereocenters. The second-order valence-corrected chi connectivity index (χ2v) is 4.66. The molecule has 2 rings (SSSR count). The Kier molecular flexibility index (Phi) is 3.85. The number of likely N-dealkylation sites (N-methyl/N-ethyl adjacent to an activating group) is 1. The van der Waals surface area contributed by atoms with Crippen LogP contribution in [0.2, 0.25) is 0 Å². The molecule has 0 fully saturated rings. The van der Waals surface area contributed by atoms with Gasteiger partial charge in [0.15, 0.2) is 6.10 Å². The first-order chi connectivity index (χ1) is 9.02. The number of carboxylic acid groups (broad SMARTS) is 1. The van der Waals surface area contributed by atoms with E-state index in [1.165, 1.54) is 18.9 Å². The van der Waals surface area contributed by atoms with Gasteiger partial charge in [0.2, 0.25) is 0 Å². The van der Waals surface area contributed by atoms with Crippen molar-refractivity contribution in [2.75, 3.05) is 13.7 Å². The summed E-state index contributed by atoms with van der Waals surface area (Å²) in [5.74, 6) is -1.35. The molecule has 5 heteroatoms. The summed E-state index contributed by atoms with van der Waals surface area (Å²) in [5.41, 5.74) is 1.92. The van der Waals surface area contributed by atoms with Crippen LogP contribution in [-0.4, -0.2) is 41.6 Å². The van der Waals surface area contributed by atoms with Crippen LogP contribution < -0.4 is 0 Å². The fraction of sp³-hybridized carbons (Fsp3) is 0.429. The molecular weight excluding hydrogens is 246 g/mol. The minimum Gasteiger partial charge on any atom is -0.480 e. The molecule has 1 aliphatic rings. The monoisotopic (exact) mass is 263 g/mol. The van der Waals surface area contributed by atoms with E-state index >= 15 is 0 Å². The van der Waals surface area contributed by atoms with E-state index in [0.717, 1.165) is 17.5 Å². The first-order valence-corrected chi connectivity index (χ1v) is 6.21. The van der Waals surface area contributed by atoms with Gasteiger partial charge in [-0.25, -0.2) is 4.79 Å². The first kappa shape index (κ1) is 13.5. The molecule has 0 saturated heterocycles. The third-order valence-corrected chi connectivity index (χ3v) is 3.50. The van der Waals surface area contributed by atoms with E-state index in [9.17, 15) is 9.59 Å². The predicted molar refractivity (Wildman–Crippen MR) is 68.7 cm³/mol. The third-order valence-electron chi connectivity index (χ3n) is 3.50. The summed E-state index contributed by atoms with van der Waals surface area (Å²) in [4.78, 5) is 24.5. The SMILES string of the molecule is CC(C(=O)O)N(C)C(=O)C1OCCc2ccccc21. The van der Waals surface area contributed by atoms with Gasteiger partial charge in [-0.2, -0.15) is 0 Å². The van der Waals surface area contributed by atoms with Gasteiger partial charge in [-0.3, -0.25) is 4.79 Å². The van der Waals surface area contributed by atoms with E-state index in [2.05, 4.69) is 0 Å². The van der Waals surface area contributed by atoms with E-state index in [-0.39, 0.29) is 5.91 Å². The van der Waals surface area contributed by atoms with Gasteiger partial charge in [0, 0.05) is 7.05 Å². The highest BCUT2D eigenvalue weighted by atomic mass is 16.5. The number of nitrogens with zero attached hydrogens (tertiary/aromatic N) is 1. The van der Waals surface area contributed by atoms with Crippen molar-refractivity contribution in [1.29, 1.82) is 0 Å². The molecule has 0 bridgehead atoms. The van der Waals surface area contributed by atoms with Crippen LogP contribution in [0.25, 0.3) is 0 Å². The summed E-state index contributed by atoms with van der Waals surface area (Å²) in [6, 6.07) is 6.74. The van der Waals surface area contributed by atoms with Gasteiger partial charge in [0.25, 0.3) is 5.91 Å². The largest absolute Gasteiger partial charge is 0.480 e. The molecule has 1 N–H and O–H groups in total. The summed E-state index contributed by atoms with van der Waals surface area (Å²) >= 11 is 0. The van der Waals surface area contributed by atoms with Gasteiger partial charge in [0.1, 0.15) is 6.04 Å².